The van der Waals surface area contributed by atoms with Crippen molar-refractivity contribution in [2.24, 2.45) is 0 Å². The highest BCUT2D eigenvalue weighted by molar-refractivity contribution is 7.89. The van der Waals surface area contributed by atoms with Crippen LogP contribution in [0.2, 0.25) is 10.0 Å². The Morgan fingerprint density at radius 2 is 1.71 bits per heavy atom. The lowest BCUT2D eigenvalue weighted by Gasteiger charge is -2.36. The van der Waals surface area contributed by atoms with Gasteiger partial charge in [-0.05, 0) is 39.1 Å². The summed E-state index contributed by atoms with van der Waals surface area (Å²) in [6.45, 7) is 0.365. The molecule has 1 aliphatic carbocycles. The van der Waals surface area contributed by atoms with E-state index >= 15 is 0 Å². The van der Waals surface area contributed by atoms with Gasteiger partial charge in [-0.15, -0.1) is 0 Å². The SMILES string of the molecule is CN(C)C1(CNS(=O)(=O)c2c(Cl)cccc2Cl)CCCC1. The quantitative estimate of drug-likeness (QED) is 0.887. The number of hydrogen-bond donors (Lipinski definition) is 1. The second-order valence-electron chi connectivity index (χ2n) is 5.70. The largest absolute Gasteiger partial charge is 0.302 e. The molecule has 0 atom stereocenters. The molecule has 21 heavy (non-hydrogen) atoms. The maximum absolute atomic E-state index is 12.5. The van der Waals surface area contributed by atoms with Crippen LogP contribution in [0.1, 0.15) is 25.7 Å². The predicted octanol–water partition coefficient (Wildman–Crippen LogP) is 3.15. The fraction of sp³-hybridized carbons (Fsp3) is 0.571. The average Bonchev–Trinajstić information content (AvgIpc) is 2.86. The predicted molar refractivity (Wildman–Crippen MR) is 86.5 cm³/mol. The van der Waals surface area contributed by atoms with Gasteiger partial charge in [0.2, 0.25) is 10.0 Å². The van der Waals surface area contributed by atoms with Gasteiger partial charge in [0.05, 0.1) is 10.0 Å². The summed E-state index contributed by atoms with van der Waals surface area (Å²) < 4.78 is 27.7. The lowest BCUT2D eigenvalue weighted by Crippen LogP contribution is -2.50. The third kappa shape index (κ3) is 3.54. The van der Waals surface area contributed by atoms with Gasteiger partial charge in [0, 0.05) is 12.1 Å². The van der Waals surface area contributed by atoms with Gasteiger partial charge in [-0.2, -0.15) is 0 Å². The number of likely N-dealkylation sites (N-methyl/N-ethyl adjacent to an activating group) is 1. The van der Waals surface area contributed by atoms with E-state index in [1.165, 1.54) is 12.1 Å². The summed E-state index contributed by atoms with van der Waals surface area (Å²) in [5.74, 6) is 0. The molecule has 0 heterocycles. The van der Waals surface area contributed by atoms with Crippen LogP contribution in [0.3, 0.4) is 0 Å². The van der Waals surface area contributed by atoms with Gasteiger partial charge in [0.15, 0.2) is 0 Å². The molecule has 0 saturated heterocycles. The molecule has 0 spiro atoms. The molecule has 0 aliphatic heterocycles. The Kier molecular flexibility index (Phi) is 5.21. The Morgan fingerprint density at radius 3 is 2.19 bits per heavy atom. The van der Waals surface area contributed by atoms with Gasteiger partial charge in [0.1, 0.15) is 4.90 Å². The summed E-state index contributed by atoms with van der Waals surface area (Å²) in [6.07, 6.45) is 4.21. The number of nitrogens with one attached hydrogen (secondary N) is 1. The normalized spacial score (nSPS) is 18.3. The lowest BCUT2D eigenvalue weighted by atomic mass is 9.97. The number of benzene rings is 1. The molecule has 2 rings (SSSR count). The maximum atomic E-state index is 12.5. The minimum Gasteiger partial charge on any atom is -0.302 e. The van der Waals surface area contributed by atoms with E-state index in [1.807, 2.05) is 14.1 Å². The highest BCUT2D eigenvalue weighted by Gasteiger charge is 2.37. The van der Waals surface area contributed by atoms with E-state index in [4.69, 9.17) is 23.2 Å². The van der Waals surface area contributed by atoms with Crippen molar-refractivity contribution in [3.63, 3.8) is 0 Å². The minimum atomic E-state index is -3.72. The number of halogens is 2. The first kappa shape index (κ1) is 17.0. The van der Waals surface area contributed by atoms with Crippen LogP contribution in [0.5, 0.6) is 0 Å². The molecule has 1 saturated carbocycles. The van der Waals surface area contributed by atoms with E-state index in [-0.39, 0.29) is 20.5 Å². The molecular weight excluding hydrogens is 331 g/mol. The van der Waals surface area contributed by atoms with Gasteiger partial charge in [0.25, 0.3) is 0 Å². The Labute approximate surface area is 136 Å². The molecule has 0 amide bonds. The molecule has 0 bridgehead atoms. The van der Waals surface area contributed by atoms with Gasteiger partial charge < -0.3 is 4.90 Å². The summed E-state index contributed by atoms with van der Waals surface area (Å²) in [5.41, 5.74) is -0.124. The zero-order valence-electron chi connectivity index (χ0n) is 12.2. The first-order chi connectivity index (χ1) is 9.78. The number of sulfonamides is 1. The summed E-state index contributed by atoms with van der Waals surface area (Å²) >= 11 is 12.0. The third-order valence-corrected chi connectivity index (χ3v) is 6.62. The van der Waals surface area contributed by atoms with E-state index in [0.717, 1.165) is 25.7 Å². The van der Waals surface area contributed by atoms with Gasteiger partial charge in [-0.3, -0.25) is 0 Å². The second kappa shape index (κ2) is 6.42. The maximum Gasteiger partial charge on any atom is 0.243 e. The first-order valence-corrected chi connectivity index (χ1v) is 9.13. The standard InChI is InChI=1S/C14H20Cl2N2O2S/c1-18(2)14(8-3-4-9-14)10-17-21(19,20)13-11(15)6-5-7-12(13)16/h5-7,17H,3-4,8-10H2,1-2H3. The third-order valence-electron chi connectivity index (χ3n) is 4.26. The van der Waals surface area contributed by atoms with Crippen LogP contribution in [0.15, 0.2) is 23.1 Å². The van der Waals surface area contributed by atoms with Gasteiger partial charge in [-0.1, -0.05) is 42.1 Å². The van der Waals surface area contributed by atoms with Crippen molar-refractivity contribution in [3.8, 4) is 0 Å². The van der Waals surface area contributed by atoms with E-state index in [0.29, 0.717) is 6.54 Å². The Balaban J connectivity index is 2.22. The van der Waals surface area contributed by atoms with Crippen LogP contribution in [0.4, 0.5) is 0 Å². The van der Waals surface area contributed by atoms with E-state index in [1.54, 1.807) is 6.07 Å². The number of rotatable bonds is 5. The highest BCUT2D eigenvalue weighted by atomic mass is 35.5. The van der Waals surface area contributed by atoms with Crippen molar-refractivity contribution in [1.82, 2.24) is 9.62 Å². The van der Waals surface area contributed by atoms with Crippen molar-refractivity contribution >= 4 is 33.2 Å². The van der Waals surface area contributed by atoms with Gasteiger partial charge in [-0.25, -0.2) is 13.1 Å². The van der Waals surface area contributed by atoms with Crippen molar-refractivity contribution in [2.45, 2.75) is 36.1 Å². The van der Waals surface area contributed by atoms with Crippen molar-refractivity contribution < 1.29 is 8.42 Å². The molecule has 0 unspecified atom stereocenters. The summed E-state index contributed by atoms with van der Waals surface area (Å²) in [5, 5.41) is 0.278. The molecule has 4 nitrogen and oxygen atoms in total. The lowest BCUT2D eigenvalue weighted by molar-refractivity contribution is 0.162. The Morgan fingerprint density at radius 1 is 1.19 bits per heavy atom. The van der Waals surface area contributed by atoms with Crippen LogP contribution in [0.25, 0.3) is 0 Å². The summed E-state index contributed by atoms with van der Waals surface area (Å²) in [6, 6.07) is 4.68. The van der Waals surface area contributed by atoms with Crippen LogP contribution in [-0.4, -0.2) is 39.5 Å². The van der Waals surface area contributed by atoms with Crippen LogP contribution >= 0.6 is 23.2 Å². The minimum absolute atomic E-state index is 0.0414. The summed E-state index contributed by atoms with van der Waals surface area (Å²) in [7, 11) is 0.255. The van der Waals surface area contributed by atoms with Crippen molar-refractivity contribution in [3.05, 3.63) is 28.2 Å². The Hall–Kier alpha value is -0.330. The topological polar surface area (TPSA) is 49.4 Å². The number of hydrogen-bond acceptors (Lipinski definition) is 3. The molecular formula is C14H20Cl2N2O2S. The highest BCUT2D eigenvalue weighted by Crippen LogP contribution is 2.34. The van der Waals surface area contributed by atoms with Crippen molar-refractivity contribution in [1.29, 1.82) is 0 Å². The van der Waals surface area contributed by atoms with Crippen LogP contribution < -0.4 is 4.72 Å². The van der Waals surface area contributed by atoms with E-state index in [2.05, 4.69) is 9.62 Å². The Bertz CT molecular complexity index is 591. The van der Waals surface area contributed by atoms with E-state index < -0.39 is 10.0 Å². The molecule has 0 aromatic heterocycles. The van der Waals surface area contributed by atoms with Crippen molar-refractivity contribution in [2.75, 3.05) is 20.6 Å². The molecule has 1 N–H and O–H groups in total. The molecule has 1 fully saturated rings. The fourth-order valence-corrected chi connectivity index (χ4v) is 5.12. The molecule has 1 aliphatic rings. The fourth-order valence-electron chi connectivity index (χ4n) is 2.86. The smallest absolute Gasteiger partial charge is 0.243 e. The average molecular weight is 351 g/mol. The molecule has 0 radical (unpaired) electrons. The van der Waals surface area contributed by atoms with Gasteiger partial charge >= 0.3 is 0 Å². The number of nitrogens with zero attached hydrogens (tertiary/aromatic N) is 1. The summed E-state index contributed by atoms with van der Waals surface area (Å²) in [4.78, 5) is 2.07. The van der Waals surface area contributed by atoms with E-state index in [9.17, 15) is 8.42 Å². The van der Waals surface area contributed by atoms with Crippen LogP contribution in [0, 0.1) is 0 Å². The first-order valence-electron chi connectivity index (χ1n) is 6.90. The van der Waals surface area contributed by atoms with Crippen LogP contribution in [-0.2, 0) is 10.0 Å². The molecule has 1 aromatic carbocycles. The zero-order valence-corrected chi connectivity index (χ0v) is 14.5. The zero-order chi connectivity index (χ0) is 15.7. The molecule has 7 heteroatoms. The second-order valence-corrected chi connectivity index (χ2v) is 8.22. The monoisotopic (exact) mass is 350 g/mol. The molecule has 1 aromatic rings. The molecule has 118 valence electrons.